The third kappa shape index (κ3) is 4.41. The van der Waals surface area contributed by atoms with Crippen LogP contribution in [0.25, 0.3) is 0 Å². The van der Waals surface area contributed by atoms with Crippen molar-refractivity contribution in [3.63, 3.8) is 0 Å². The van der Waals surface area contributed by atoms with Gasteiger partial charge < -0.3 is 14.1 Å². The zero-order valence-corrected chi connectivity index (χ0v) is 12.1. The monoisotopic (exact) mass is 305 g/mol. The van der Waals surface area contributed by atoms with Gasteiger partial charge in [-0.3, -0.25) is 4.79 Å². The summed E-state index contributed by atoms with van der Waals surface area (Å²) in [5, 5.41) is 0.333. The fourth-order valence-electron chi connectivity index (χ4n) is 2.20. The summed E-state index contributed by atoms with van der Waals surface area (Å²) in [4.78, 5) is 13.6. The number of hydrogen-bond acceptors (Lipinski definition) is 3. The molecule has 19 heavy (non-hydrogen) atoms. The van der Waals surface area contributed by atoms with E-state index in [1.165, 1.54) is 0 Å². The molecule has 1 aromatic heterocycles. The minimum absolute atomic E-state index is 0.0162. The van der Waals surface area contributed by atoms with Crippen molar-refractivity contribution in [1.82, 2.24) is 4.90 Å². The predicted octanol–water partition coefficient (Wildman–Crippen LogP) is 2.93. The molecular weight excluding hydrogens is 289 g/mol. The fourth-order valence-corrected chi connectivity index (χ4v) is 2.54. The van der Waals surface area contributed by atoms with Crippen LogP contribution in [-0.2, 0) is 16.1 Å². The van der Waals surface area contributed by atoms with Crippen LogP contribution in [0.15, 0.2) is 16.5 Å². The molecule has 0 radical (unpaired) electrons. The molecule has 2 heterocycles. The summed E-state index contributed by atoms with van der Waals surface area (Å²) in [5.74, 6) is 1.04. The summed E-state index contributed by atoms with van der Waals surface area (Å²) in [6.07, 6.45) is 1.95. The van der Waals surface area contributed by atoms with Crippen LogP contribution in [0.5, 0.6) is 0 Å². The molecule has 0 saturated carbocycles. The van der Waals surface area contributed by atoms with Gasteiger partial charge in [-0.05, 0) is 42.5 Å². The van der Waals surface area contributed by atoms with Crippen LogP contribution >= 0.6 is 23.2 Å². The highest BCUT2D eigenvalue weighted by molar-refractivity contribution is 6.28. The lowest BCUT2D eigenvalue weighted by Gasteiger charge is -2.29. The van der Waals surface area contributed by atoms with E-state index < -0.39 is 0 Å². The largest absolute Gasteiger partial charge is 0.448 e. The molecule has 0 aliphatic carbocycles. The Kier molecular flexibility index (Phi) is 5.55. The third-order valence-electron chi connectivity index (χ3n) is 3.26. The Morgan fingerprint density at radius 2 is 2.11 bits per heavy atom. The maximum atomic E-state index is 11.9. The van der Waals surface area contributed by atoms with Crippen LogP contribution in [0.2, 0.25) is 5.22 Å². The van der Waals surface area contributed by atoms with E-state index >= 15 is 0 Å². The van der Waals surface area contributed by atoms with E-state index in [0.717, 1.165) is 26.1 Å². The van der Waals surface area contributed by atoms with Crippen molar-refractivity contribution in [1.29, 1.82) is 0 Å². The first-order valence-corrected chi connectivity index (χ1v) is 7.26. The Hall–Kier alpha value is -0.710. The second-order valence-electron chi connectivity index (χ2n) is 4.67. The number of furan rings is 1. The number of carbonyl (C=O) groups excluding carboxylic acids is 1. The highest BCUT2D eigenvalue weighted by Crippen LogP contribution is 2.20. The molecule has 1 aromatic rings. The molecule has 0 N–H and O–H groups in total. The van der Waals surface area contributed by atoms with Crippen LogP contribution in [0.3, 0.4) is 0 Å². The minimum atomic E-state index is -0.0827. The first-order valence-electron chi connectivity index (χ1n) is 6.34. The molecule has 0 bridgehead atoms. The molecule has 0 atom stereocenters. The van der Waals surface area contributed by atoms with Gasteiger partial charge in [-0.15, -0.1) is 11.6 Å². The molecule has 4 nitrogen and oxygen atoms in total. The summed E-state index contributed by atoms with van der Waals surface area (Å²) >= 11 is 11.4. The smallest absolute Gasteiger partial charge is 0.237 e. The highest BCUT2D eigenvalue weighted by Gasteiger charge is 2.21. The topological polar surface area (TPSA) is 42.7 Å². The maximum absolute atomic E-state index is 11.9. The Morgan fingerprint density at radius 1 is 1.37 bits per heavy atom. The van der Waals surface area contributed by atoms with Crippen molar-refractivity contribution < 1.29 is 13.9 Å². The molecule has 1 fully saturated rings. The Morgan fingerprint density at radius 3 is 2.68 bits per heavy atom. The SMILES string of the molecule is O=C(CCl)N(Cc1ccc(Cl)o1)CC1CCOCC1. The quantitative estimate of drug-likeness (QED) is 0.786. The van der Waals surface area contributed by atoms with Gasteiger partial charge in [0.1, 0.15) is 11.6 Å². The van der Waals surface area contributed by atoms with Gasteiger partial charge in [-0.25, -0.2) is 0 Å². The Bertz CT molecular complexity index is 416. The molecule has 0 aromatic carbocycles. The highest BCUT2D eigenvalue weighted by atomic mass is 35.5. The number of ether oxygens (including phenoxy) is 1. The van der Waals surface area contributed by atoms with E-state index in [9.17, 15) is 4.79 Å². The number of alkyl halides is 1. The van der Waals surface area contributed by atoms with E-state index in [4.69, 9.17) is 32.4 Å². The molecule has 6 heteroatoms. The van der Waals surface area contributed by atoms with Crippen molar-refractivity contribution in [3.05, 3.63) is 23.1 Å². The molecule has 0 unspecified atom stereocenters. The van der Waals surface area contributed by atoms with E-state index in [1.807, 2.05) is 0 Å². The predicted molar refractivity (Wildman–Crippen MR) is 73.4 cm³/mol. The van der Waals surface area contributed by atoms with E-state index in [-0.39, 0.29) is 11.8 Å². The van der Waals surface area contributed by atoms with E-state index in [1.54, 1.807) is 17.0 Å². The molecule has 1 amide bonds. The standard InChI is InChI=1S/C13H17Cl2NO3/c14-7-13(17)16(8-10-3-5-18-6-4-10)9-11-1-2-12(15)19-11/h1-2,10H,3-9H2. The molecular formula is C13H17Cl2NO3. The number of hydrogen-bond donors (Lipinski definition) is 0. The summed E-state index contributed by atoms with van der Waals surface area (Å²) in [6.45, 7) is 2.63. The zero-order chi connectivity index (χ0) is 13.7. The van der Waals surface area contributed by atoms with Gasteiger partial charge in [-0.1, -0.05) is 0 Å². The Labute approximate surface area is 122 Å². The van der Waals surface area contributed by atoms with Gasteiger partial charge >= 0.3 is 0 Å². The molecule has 1 aliphatic heterocycles. The molecule has 1 aliphatic rings. The Balaban J connectivity index is 1.96. The van der Waals surface area contributed by atoms with E-state index in [2.05, 4.69) is 0 Å². The first kappa shape index (κ1) is 14.7. The van der Waals surface area contributed by atoms with Gasteiger partial charge in [0.15, 0.2) is 5.22 Å². The second kappa shape index (κ2) is 7.17. The van der Waals surface area contributed by atoms with Gasteiger partial charge in [0.25, 0.3) is 0 Å². The van der Waals surface area contributed by atoms with E-state index in [0.29, 0.717) is 30.0 Å². The van der Waals surface area contributed by atoms with Gasteiger partial charge in [-0.2, -0.15) is 0 Å². The summed E-state index contributed by atoms with van der Waals surface area (Å²) in [7, 11) is 0. The van der Waals surface area contributed by atoms with Crippen LogP contribution in [0, 0.1) is 5.92 Å². The molecule has 106 valence electrons. The molecule has 0 spiro atoms. The van der Waals surface area contributed by atoms with Crippen molar-refractivity contribution in [3.8, 4) is 0 Å². The number of amides is 1. The lowest BCUT2D eigenvalue weighted by atomic mass is 9.99. The lowest BCUT2D eigenvalue weighted by molar-refractivity contribution is -0.130. The van der Waals surface area contributed by atoms with Gasteiger partial charge in [0.05, 0.1) is 6.54 Å². The summed E-state index contributed by atoms with van der Waals surface area (Å²) in [6, 6.07) is 3.45. The molecule has 1 saturated heterocycles. The number of rotatable bonds is 5. The van der Waals surface area contributed by atoms with Gasteiger partial charge in [0.2, 0.25) is 5.91 Å². The number of carbonyl (C=O) groups is 1. The van der Waals surface area contributed by atoms with Crippen LogP contribution in [0.1, 0.15) is 18.6 Å². The van der Waals surface area contributed by atoms with Crippen LogP contribution in [0.4, 0.5) is 0 Å². The van der Waals surface area contributed by atoms with Crippen molar-refractivity contribution >= 4 is 29.1 Å². The number of halogens is 2. The van der Waals surface area contributed by atoms with Crippen LogP contribution < -0.4 is 0 Å². The average molecular weight is 306 g/mol. The minimum Gasteiger partial charge on any atom is -0.448 e. The van der Waals surface area contributed by atoms with Gasteiger partial charge in [0, 0.05) is 19.8 Å². The summed E-state index contributed by atoms with van der Waals surface area (Å²) in [5.41, 5.74) is 0. The van der Waals surface area contributed by atoms with Crippen LogP contribution in [-0.4, -0.2) is 36.4 Å². The number of nitrogens with zero attached hydrogens (tertiary/aromatic N) is 1. The second-order valence-corrected chi connectivity index (χ2v) is 5.31. The lowest BCUT2D eigenvalue weighted by Crippen LogP contribution is -2.37. The van der Waals surface area contributed by atoms with Crippen molar-refractivity contribution in [2.75, 3.05) is 25.6 Å². The summed E-state index contributed by atoms with van der Waals surface area (Å²) < 4.78 is 10.6. The normalized spacial score (nSPS) is 16.5. The fraction of sp³-hybridized carbons (Fsp3) is 0.615. The first-order chi connectivity index (χ1) is 9.19. The zero-order valence-electron chi connectivity index (χ0n) is 10.6. The average Bonchev–Trinajstić information content (AvgIpc) is 2.84. The molecule has 2 rings (SSSR count). The van der Waals surface area contributed by atoms with Crippen molar-refractivity contribution in [2.24, 2.45) is 5.92 Å². The maximum Gasteiger partial charge on any atom is 0.237 e. The van der Waals surface area contributed by atoms with Crippen molar-refractivity contribution in [2.45, 2.75) is 19.4 Å². The third-order valence-corrected chi connectivity index (χ3v) is 3.69.